The van der Waals surface area contributed by atoms with Gasteiger partial charge < -0.3 is 19.2 Å². The van der Waals surface area contributed by atoms with Crippen LogP contribution in [0.4, 0.5) is 0 Å². The lowest BCUT2D eigenvalue weighted by molar-refractivity contribution is 0.0954. The van der Waals surface area contributed by atoms with Crippen LogP contribution in [0.25, 0.3) is 5.65 Å². The fourth-order valence-corrected chi connectivity index (χ4v) is 3.60. The average Bonchev–Trinajstić information content (AvgIpc) is 3.20. The summed E-state index contributed by atoms with van der Waals surface area (Å²) in [5.41, 5.74) is 5.76. The molecule has 6 heteroatoms. The molecular weight excluding hydrogens is 402 g/mol. The molecule has 0 spiro atoms. The van der Waals surface area contributed by atoms with Gasteiger partial charge in [-0.25, -0.2) is 4.98 Å². The minimum Gasteiger partial charge on any atom is -0.496 e. The van der Waals surface area contributed by atoms with Crippen molar-refractivity contribution in [2.45, 2.75) is 26.9 Å². The fraction of sp³-hybridized carbons (Fsp3) is 0.231. The molecule has 1 amide bonds. The second-order valence-corrected chi connectivity index (χ2v) is 7.84. The van der Waals surface area contributed by atoms with E-state index in [1.165, 1.54) is 11.1 Å². The lowest BCUT2D eigenvalue weighted by Gasteiger charge is -2.11. The third-order valence-corrected chi connectivity index (χ3v) is 5.27. The molecule has 0 aliphatic heterocycles. The van der Waals surface area contributed by atoms with Gasteiger partial charge in [0.1, 0.15) is 23.8 Å². The van der Waals surface area contributed by atoms with Gasteiger partial charge in [0, 0.05) is 24.5 Å². The number of amides is 1. The van der Waals surface area contributed by atoms with E-state index in [0.29, 0.717) is 30.9 Å². The van der Waals surface area contributed by atoms with Crippen LogP contribution in [-0.2, 0) is 13.0 Å². The van der Waals surface area contributed by atoms with E-state index in [1.807, 2.05) is 54.9 Å². The molecule has 0 fully saturated rings. The molecule has 0 radical (unpaired) electrons. The fourth-order valence-electron chi connectivity index (χ4n) is 3.60. The topological polar surface area (TPSA) is 64.9 Å². The maximum Gasteiger partial charge on any atom is 0.251 e. The number of aryl methyl sites for hydroxylation is 2. The van der Waals surface area contributed by atoms with Gasteiger partial charge in [-0.1, -0.05) is 23.8 Å². The summed E-state index contributed by atoms with van der Waals surface area (Å²) in [4.78, 5) is 17.0. The van der Waals surface area contributed by atoms with E-state index in [2.05, 4.69) is 16.4 Å². The Balaban J connectivity index is 1.29. The molecule has 4 aromatic rings. The SMILES string of the molecule is COc1ccc(C)cc1CCNC(=O)c1ccc(OCc2cn3cc(C)ccc3n2)cc1. The van der Waals surface area contributed by atoms with Crippen molar-refractivity contribution in [3.05, 3.63) is 94.9 Å². The zero-order valence-corrected chi connectivity index (χ0v) is 18.6. The number of fused-ring (bicyclic) bond motifs is 1. The van der Waals surface area contributed by atoms with Crippen molar-refractivity contribution in [2.75, 3.05) is 13.7 Å². The summed E-state index contributed by atoms with van der Waals surface area (Å²) in [6.45, 7) is 4.99. The first kappa shape index (κ1) is 21.4. The summed E-state index contributed by atoms with van der Waals surface area (Å²) in [5, 5.41) is 2.97. The Kier molecular flexibility index (Phi) is 6.40. The maximum absolute atomic E-state index is 12.5. The molecule has 2 heterocycles. The molecule has 164 valence electrons. The lowest BCUT2D eigenvalue weighted by Crippen LogP contribution is -2.25. The van der Waals surface area contributed by atoms with Crippen molar-refractivity contribution in [1.82, 2.24) is 14.7 Å². The highest BCUT2D eigenvalue weighted by molar-refractivity contribution is 5.94. The van der Waals surface area contributed by atoms with Gasteiger partial charge in [0.05, 0.1) is 12.8 Å². The summed E-state index contributed by atoms with van der Waals surface area (Å²) in [6, 6.07) is 17.2. The van der Waals surface area contributed by atoms with Gasteiger partial charge in [-0.15, -0.1) is 0 Å². The van der Waals surface area contributed by atoms with Crippen LogP contribution in [0.15, 0.2) is 67.0 Å². The van der Waals surface area contributed by atoms with E-state index in [0.717, 1.165) is 22.7 Å². The molecule has 4 rings (SSSR count). The van der Waals surface area contributed by atoms with Crippen LogP contribution >= 0.6 is 0 Å². The van der Waals surface area contributed by atoms with Crippen LogP contribution in [0.3, 0.4) is 0 Å². The Bertz CT molecular complexity index is 1230. The molecule has 0 saturated carbocycles. The number of carbonyl (C=O) groups excluding carboxylic acids is 1. The number of rotatable bonds is 8. The van der Waals surface area contributed by atoms with Gasteiger partial charge in [0.25, 0.3) is 5.91 Å². The molecule has 0 unspecified atom stereocenters. The highest BCUT2D eigenvalue weighted by Crippen LogP contribution is 2.20. The molecule has 0 aliphatic rings. The summed E-state index contributed by atoms with van der Waals surface area (Å²) in [5.74, 6) is 1.42. The van der Waals surface area contributed by atoms with Crippen LogP contribution in [0.2, 0.25) is 0 Å². The van der Waals surface area contributed by atoms with Gasteiger partial charge in [-0.2, -0.15) is 0 Å². The van der Waals surface area contributed by atoms with Crippen molar-refractivity contribution >= 4 is 11.6 Å². The molecule has 2 aromatic heterocycles. The molecule has 0 bridgehead atoms. The number of aromatic nitrogens is 2. The summed E-state index contributed by atoms with van der Waals surface area (Å²) < 4.78 is 13.2. The Morgan fingerprint density at radius 3 is 2.56 bits per heavy atom. The Morgan fingerprint density at radius 2 is 1.78 bits per heavy atom. The van der Waals surface area contributed by atoms with Crippen molar-refractivity contribution in [3.63, 3.8) is 0 Å². The smallest absolute Gasteiger partial charge is 0.251 e. The second-order valence-electron chi connectivity index (χ2n) is 7.84. The second kappa shape index (κ2) is 9.56. The first-order valence-electron chi connectivity index (χ1n) is 10.6. The van der Waals surface area contributed by atoms with E-state index < -0.39 is 0 Å². The zero-order valence-electron chi connectivity index (χ0n) is 18.6. The Labute approximate surface area is 187 Å². The Hall–Kier alpha value is -3.80. The number of benzene rings is 2. The number of ether oxygens (including phenoxy) is 2. The monoisotopic (exact) mass is 429 g/mol. The molecule has 0 saturated heterocycles. The first-order valence-corrected chi connectivity index (χ1v) is 10.6. The van der Waals surface area contributed by atoms with Crippen molar-refractivity contribution < 1.29 is 14.3 Å². The number of hydrogen-bond acceptors (Lipinski definition) is 4. The van der Waals surface area contributed by atoms with E-state index >= 15 is 0 Å². The standard InChI is InChI=1S/C26H27N3O3/c1-18-4-10-24(31-3)21(14-18)12-13-27-26(30)20-6-8-23(9-7-20)32-17-22-16-29-15-19(2)5-11-25(29)28-22/h4-11,14-16H,12-13,17H2,1-3H3,(H,27,30). The summed E-state index contributed by atoms with van der Waals surface area (Å²) >= 11 is 0. The quantitative estimate of drug-likeness (QED) is 0.448. The predicted octanol–water partition coefficient (Wildman–Crippen LogP) is 4.51. The predicted molar refractivity (Wildman–Crippen MR) is 124 cm³/mol. The Morgan fingerprint density at radius 1 is 1.00 bits per heavy atom. The normalized spacial score (nSPS) is 10.8. The summed E-state index contributed by atoms with van der Waals surface area (Å²) in [6.07, 6.45) is 4.71. The van der Waals surface area contributed by atoms with Gasteiger partial charge in [-0.3, -0.25) is 4.79 Å². The number of pyridine rings is 1. The van der Waals surface area contributed by atoms with Gasteiger partial charge in [-0.05, 0) is 67.8 Å². The molecule has 0 aliphatic carbocycles. The van der Waals surface area contributed by atoms with Crippen LogP contribution in [0.5, 0.6) is 11.5 Å². The highest BCUT2D eigenvalue weighted by Gasteiger charge is 2.08. The molecular formula is C26H27N3O3. The molecule has 2 aromatic carbocycles. The van der Waals surface area contributed by atoms with E-state index in [-0.39, 0.29) is 5.91 Å². The largest absolute Gasteiger partial charge is 0.496 e. The average molecular weight is 430 g/mol. The zero-order chi connectivity index (χ0) is 22.5. The number of nitrogens with zero attached hydrogens (tertiary/aromatic N) is 2. The van der Waals surface area contributed by atoms with E-state index in [9.17, 15) is 4.79 Å². The first-order chi connectivity index (χ1) is 15.5. The number of methoxy groups -OCH3 is 1. The third kappa shape index (κ3) is 5.09. The van der Waals surface area contributed by atoms with E-state index in [4.69, 9.17) is 9.47 Å². The van der Waals surface area contributed by atoms with Gasteiger partial charge in [0.2, 0.25) is 0 Å². The van der Waals surface area contributed by atoms with Crippen LogP contribution in [0, 0.1) is 13.8 Å². The maximum atomic E-state index is 12.5. The third-order valence-electron chi connectivity index (χ3n) is 5.27. The van der Waals surface area contributed by atoms with Gasteiger partial charge in [0.15, 0.2) is 0 Å². The van der Waals surface area contributed by atoms with Crippen LogP contribution in [0.1, 0.15) is 32.7 Å². The van der Waals surface area contributed by atoms with Crippen LogP contribution in [-0.4, -0.2) is 28.9 Å². The minimum absolute atomic E-state index is 0.112. The number of hydrogen-bond donors (Lipinski definition) is 1. The molecule has 32 heavy (non-hydrogen) atoms. The molecule has 0 atom stereocenters. The van der Waals surface area contributed by atoms with Crippen molar-refractivity contribution in [2.24, 2.45) is 0 Å². The minimum atomic E-state index is -0.112. The number of imidazole rings is 1. The molecule has 6 nitrogen and oxygen atoms in total. The van der Waals surface area contributed by atoms with E-state index in [1.54, 1.807) is 31.4 Å². The summed E-state index contributed by atoms with van der Waals surface area (Å²) in [7, 11) is 1.66. The molecule has 1 N–H and O–H groups in total. The van der Waals surface area contributed by atoms with Crippen molar-refractivity contribution in [1.29, 1.82) is 0 Å². The lowest BCUT2D eigenvalue weighted by atomic mass is 10.1. The van der Waals surface area contributed by atoms with Crippen molar-refractivity contribution in [3.8, 4) is 11.5 Å². The number of carbonyl (C=O) groups is 1. The highest BCUT2D eigenvalue weighted by atomic mass is 16.5. The van der Waals surface area contributed by atoms with Gasteiger partial charge >= 0.3 is 0 Å². The van der Waals surface area contributed by atoms with Crippen LogP contribution < -0.4 is 14.8 Å². The number of nitrogens with one attached hydrogen (secondary N) is 1.